The first-order chi connectivity index (χ1) is 6.25. The average Bonchev–Trinajstić information content (AvgIpc) is 2.53. The fraction of sp³-hybridized carbons (Fsp3) is 0. The van der Waals surface area contributed by atoms with Gasteiger partial charge in [-0.2, -0.15) is 0 Å². The molecule has 0 aliphatic rings. The Labute approximate surface area is 77.7 Å². The number of halogens is 1. The summed E-state index contributed by atoms with van der Waals surface area (Å²) in [6.07, 6.45) is 1.63. The quantitative estimate of drug-likeness (QED) is 0.743. The van der Waals surface area contributed by atoms with Gasteiger partial charge in [0.05, 0.1) is 4.88 Å². The minimum Gasteiger partial charge on any atom is -0.319 e. The minimum atomic E-state index is -0.272. The molecule has 0 fully saturated rings. The Balaban J connectivity index is 2.47. The van der Waals surface area contributed by atoms with Crippen molar-refractivity contribution in [1.82, 2.24) is 4.98 Å². The van der Waals surface area contributed by atoms with E-state index in [-0.39, 0.29) is 10.7 Å². The van der Waals surface area contributed by atoms with Gasteiger partial charge < -0.3 is 4.98 Å². The first-order valence-corrected chi connectivity index (χ1v) is 4.52. The number of benzene rings is 1. The Morgan fingerprint density at radius 1 is 1.23 bits per heavy atom. The second-order valence-electron chi connectivity index (χ2n) is 2.55. The highest BCUT2D eigenvalue weighted by Gasteiger charge is 2.00. The van der Waals surface area contributed by atoms with Crippen LogP contribution >= 0.6 is 11.3 Å². The van der Waals surface area contributed by atoms with Crippen LogP contribution in [0.3, 0.4) is 0 Å². The molecule has 1 heterocycles. The van der Waals surface area contributed by atoms with Crippen LogP contribution in [0.5, 0.6) is 0 Å². The molecular weight excluding hydrogens is 189 g/mol. The van der Waals surface area contributed by atoms with E-state index >= 15 is 0 Å². The highest BCUT2D eigenvalue weighted by molar-refractivity contribution is 7.12. The standard InChI is InChI=1S/C9H6FNOS/c10-7-3-1-6(2-4-7)8-5-11-9(12)13-8/h1-5H,(H,11,12). The van der Waals surface area contributed by atoms with Crippen molar-refractivity contribution >= 4 is 11.3 Å². The number of H-pyrrole nitrogens is 1. The smallest absolute Gasteiger partial charge is 0.305 e. The normalized spacial score (nSPS) is 10.2. The van der Waals surface area contributed by atoms with Gasteiger partial charge in [0.1, 0.15) is 5.82 Å². The molecule has 0 spiro atoms. The topological polar surface area (TPSA) is 32.9 Å². The lowest BCUT2D eigenvalue weighted by Gasteiger charge is -1.94. The molecule has 1 N–H and O–H groups in total. The summed E-state index contributed by atoms with van der Waals surface area (Å²) < 4.78 is 12.5. The van der Waals surface area contributed by atoms with Crippen LogP contribution in [0.2, 0.25) is 0 Å². The van der Waals surface area contributed by atoms with Crippen molar-refractivity contribution in [2.45, 2.75) is 0 Å². The first-order valence-electron chi connectivity index (χ1n) is 3.70. The van der Waals surface area contributed by atoms with Crippen molar-refractivity contribution in [3.63, 3.8) is 0 Å². The van der Waals surface area contributed by atoms with Crippen LogP contribution in [-0.4, -0.2) is 4.98 Å². The molecule has 0 unspecified atom stereocenters. The van der Waals surface area contributed by atoms with E-state index in [4.69, 9.17) is 0 Å². The summed E-state index contributed by atoms with van der Waals surface area (Å²) in [6, 6.07) is 6.04. The zero-order valence-electron chi connectivity index (χ0n) is 6.58. The van der Waals surface area contributed by atoms with Crippen LogP contribution in [0.25, 0.3) is 10.4 Å². The Morgan fingerprint density at radius 3 is 2.46 bits per heavy atom. The van der Waals surface area contributed by atoms with Gasteiger partial charge in [0.15, 0.2) is 0 Å². The highest BCUT2D eigenvalue weighted by Crippen LogP contribution is 2.20. The lowest BCUT2D eigenvalue weighted by Crippen LogP contribution is -1.88. The average molecular weight is 195 g/mol. The van der Waals surface area contributed by atoms with Gasteiger partial charge in [0.2, 0.25) is 0 Å². The number of thiazole rings is 1. The second-order valence-corrected chi connectivity index (χ2v) is 3.56. The monoisotopic (exact) mass is 195 g/mol. The summed E-state index contributed by atoms with van der Waals surface area (Å²) in [7, 11) is 0. The van der Waals surface area contributed by atoms with Crippen LogP contribution < -0.4 is 4.87 Å². The summed E-state index contributed by atoms with van der Waals surface area (Å²) in [5.74, 6) is -0.272. The molecule has 1 aromatic heterocycles. The molecule has 66 valence electrons. The van der Waals surface area contributed by atoms with Gasteiger partial charge in [0.25, 0.3) is 0 Å². The van der Waals surface area contributed by atoms with Crippen molar-refractivity contribution in [2.24, 2.45) is 0 Å². The van der Waals surface area contributed by atoms with E-state index in [2.05, 4.69) is 4.98 Å². The summed E-state index contributed by atoms with van der Waals surface area (Å²) in [4.78, 5) is 14.1. The maximum Gasteiger partial charge on any atom is 0.305 e. The van der Waals surface area contributed by atoms with Crippen molar-refractivity contribution in [1.29, 1.82) is 0 Å². The van der Waals surface area contributed by atoms with E-state index < -0.39 is 0 Å². The van der Waals surface area contributed by atoms with Crippen LogP contribution in [0, 0.1) is 5.82 Å². The SMILES string of the molecule is O=c1[nH]cc(-c2ccc(F)cc2)s1. The van der Waals surface area contributed by atoms with Crippen molar-refractivity contribution in [2.75, 3.05) is 0 Å². The molecule has 0 saturated heterocycles. The van der Waals surface area contributed by atoms with Gasteiger partial charge in [-0.05, 0) is 17.7 Å². The molecule has 0 radical (unpaired) electrons. The molecule has 2 nitrogen and oxygen atoms in total. The van der Waals surface area contributed by atoms with Gasteiger partial charge in [-0.3, -0.25) is 4.79 Å². The van der Waals surface area contributed by atoms with Crippen LogP contribution in [0.4, 0.5) is 4.39 Å². The maximum absolute atomic E-state index is 12.5. The molecule has 0 saturated carbocycles. The number of aromatic nitrogens is 1. The lowest BCUT2D eigenvalue weighted by atomic mass is 10.2. The number of rotatable bonds is 1. The Kier molecular flexibility index (Phi) is 1.98. The Bertz CT molecular complexity index is 457. The van der Waals surface area contributed by atoms with E-state index in [1.165, 1.54) is 12.1 Å². The van der Waals surface area contributed by atoms with E-state index in [0.29, 0.717) is 0 Å². The lowest BCUT2D eigenvalue weighted by molar-refractivity contribution is 0.628. The Morgan fingerprint density at radius 2 is 1.92 bits per heavy atom. The van der Waals surface area contributed by atoms with E-state index in [1.54, 1.807) is 18.3 Å². The summed E-state index contributed by atoms with van der Waals surface area (Å²) in [5.41, 5.74) is 0.852. The van der Waals surface area contributed by atoms with Crippen molar-refractivity contribution in [3.8, 4) is 10.4 Å². The number of hydrogen-bond acceptors (Lipinski definition) is 2. The number of aromatic amines is 1. The molecular formula is C9H6FNOS. The van der Waals surface area contributed by atoms with Crippen molar-refractivity contribution < 1.29 is 4.39 Å². The molecule has 0 aliphatic carbocycles. The zero-order chi connectivity index (χ0) is 9.26. The molecule has 1 aromatic carbocycles. The van der Waals surface area contributed by atoms with Crippen LogP contribution in [-0.2, 0) is 0 Å². The first kappa shape index (κ1) is 8.19. The Hall–Kier alpha value is -1.42. The predicted molar refractivity (Wildman–Crippen MR) is 50.3 cm³/mol. The molecule has 2 aromatic rings. The molecule has 4 heteroatoms. The molecule has 0 aliphatic heterocycles. The third-order valence-electron chi connectivity index (χ3n) is 1.65. The minimum absolute atomic E-state index is 0.0978. The summed E-state index contributed by atoms with van der Waals surface area (Å²) in [6.45, 7) is 0. The van der Waals surface area contributed by atoms with E-state index in [9.17, 15) is 9.18 Å². The van der Waals surface area contributed by atoms with Gasteiger partial charge in [-0.15, -0.1) is 0 Å². The van der Waals surface area contributed by atoms with Gasteiger partial charge >= 0.3 is 4.87 Å². The van der Waals surface area contributed by atoms with Crippen molar-refractivity contribution in [3.05, 3.63) is 45.9 Å². The highest BCUT2D eigenvalue weighted by atomic mass is 32.1. The second kappa shape index (κ2) is 3.14. The third-order valence-corrected chi connectivity index (χ3v) is 2.53. The fourth-order valence-electron chi connectivity index (χ4n) is 1.04. The number of hydrogen-bond donors (Lipinski definition) is 1. The predicted octanol–water partition coefficient (Wildman–Crippen LogP) is 2.24. The fourth-order valence-corrected chi connectivity index (χ4v) is 1.73. The zero-order valence-corrected chi connectivity index (χ0v) is 7.40. The molecule has 13 heavy (non-hydrogen) atoms. The van der Waals surface area contributed by atoms with Gasteiger partial charge in [-0.25, -0.2) is 4.39 Å². The molecule has 2 rings (SSSR count). The molecule has 0 atom stereocenters. The largest absolute Gasteiger partial charge is 0.319 e. The summed E-state index contributed by atoms with van der Waals surface area (Å²) in [5, 5.41) is 0. The van der Waals surface area contributed by atoms with Gasteiger partial charge in [0, 0.05) is 6.20 Å². The van der Waals surface area contributed by atoms with Crippen LogP contribution in [0.15, 0.2) is 35.3 Å². The third kappa shape index (κ3) is 1.67. The van der Waals surface area contributed by atoms with Crippen LogP contribution in [0.1, 0.15) is 0 Å². The summed E-state index contributed by atoms with van der Waals surface area (Å²) >= 11 is 1.11. The molecule has 0 bridgehead atoms. The molecule has 0 amide bonds. The van der Waals surface area contributed by atoms with Gasteiger partial charge in [-0.1, -0.05) is 23.5 Å². The van der Waals surface area contributed by atoms with E-state index in [1.807, 2.05) is 0 Å². The number of nitrogens with one attached hydrogen (secondary N) is 1. The maximum atomic E-state index is 12.5. The van der Waals surface area contributed by atoms with E-state index in [0.717, 1.165) is 21.8 Å².